The van der Waals surface area contributed by atoms with Gasteiger partial charge in [0.1, 0.15) is 19.3 Å². The molecule has 570 valence electrons. The van der Waals surface area contributed by atoms with Crippen LogP contribution in [-0.4, -0.2) is 96.7 Å². The van der Waals surface area contributed by atoms with Crippen LogP contribution >= 0.6 is 15.6 Å². The molecule has 0 aliphatic heterocycles. The maximum Gasteiger partial charge on any atom is 0.472 e. The Hall–Kier alpha value is -1.94. The highest BCUT2D eigenvalue weighted by molar-refractivity contribution is 7.47. The second kappa shape index (κ2) is 70.1. The molecule has 0 saturated heterocycles. The topological polar surface area (TPSA) is 237 Å². The van der Waals surface area contributed by atoms with Crippen LogP contribution in [0.1, 0.15) is 407 Å². The molecule has 0 aromatic carbocycles. The summed E-state index contributed by atoms with van der Waals surface area (Å²) in [6.07, 6.45) is 59.7. The average Bonchev–Trinajstić information content (AvgIpc) is 1.20. The van der Waals surface area contributed by atoms with Gasteiger partial charge in [0.15, 0.2) is 12.2 Å². The fraction of sp³-hybridized carbons (Fsp3) is 0.948. The number of ether oxygens (including phenoxy) is 4. The molecule has 0 aromatic rings. The minimum absolute atomic E-state index is 0.108. The smallest absolute Gasteiger partial charge is 0.462 e. The molecular weight excluding hydrogens is 1260 g/mol. The Morgan fingerprint density at radius 3 is 0.740 bits per heavy atom. The highest BCUT2D eigenvalue weighted by Gasteiger charge is 2.30. The van der Waals surface area contributed by atoms with Crippen LogP contribution in [0.3, 0.4) is 0 Å². The van der Waals surface area contributed by atoms with Crippen molar-refractivity contribution in [2.45, 2.75) is 425 Å². The van der Waals surface area contributed by atoms with Crippen molar-refractivity contribution in [3.8, 4) is 0 Å². The van der Waals surface area contributed by atoms with Gasteiger partial charge in [-0.3, -0.25) is 37.3 Å². The van der Waals surface area contributed by atoms with Crippen molar-refractivity contribution in [2.24, 2.45) is 5.92 Å². The van der Waals surface area contributed by atoms with Gasteiger partial charge >= 0.3 is 39.5 Å². The Kier molecular flexibility index (Phi) is 68.7. The molecule has 0 aliphatic carbocycles. The summed E-state index contributed by atoms with van der Waals surface area (Å²) in [6.45, 7) is 7.29. The van der Waals surface area contributed by atoms with E-state index >= 15 is 0 Å². The minimum Gasteiger partial charge on any atom is -0.462 e. The quantitative estimate of drug-likeness (QED) is 0.0222. The molecule has 0 amide bonds. The Morgan fingerprint density at radius 1 is 0.292 bits per heavy atom. The van der Waals surface area contributed by atoms with Crippen molar-refractivity contribution in [1.82, 2.24) is 0 Å². The highest BCUT2D eigenvalue weighted by Crippen LogP contribution is 2.45. The van der Waals surface area contributed by atoms with Crippen molar-refractivity contribution < 1.29 is 80.2 Å². The first kappa shape index (κ1) is 94.1. The lowest BCUT2D eigenvalue weighted by molar-refractivity contribution is -0.161. The van der Waals surface area contributed by atoms with E-state index in [1.807, 2.05) is 0 Å². The van der Waals surface area contributed by atoms with Crippen LogP contribution in [0.2, 0.25) is 0 Å². The van der Waals surface area contributed by atoms with Gasteiger partial charge in [0.2, 0.25) is 0 Å². The second-order valence-corrected chi connectivity index (χ2v) is 30.9. The van der Waals surface area contributed by atoms with Crippen LogP contribution < -0.4 is 0 Å². The first-order chi connectivity index (χ1) is 46.6. The lowest BCUT2D eigenvalue weighted by Gasteiger charge is -2.21. The summed E-state index contributed by atoms with van der Waals surface area (Å²) in [6, 6.07) is 0. The van der Waals surface area contributed by atoms with Crippen molar-refractivity contribution >= 4 is 39.5 Å². The Morgan fingerprint density at radius 2 is 0.500 bits per heavy atom. The molecule has 0 spiro atoms. The number of phosphoric acid groups is 2. The van der Waals surface area contributed by atoms with E-state index in [9.17, 15) is 43.2 Å². The van der Waals surface area contributed by atoms with Gasteiger partial charge in [-0.05, 0) is 31.6 Å². The summed E-state index contributed by atoms with van der Waals surface area (Å²) in [7, 11) is -9.91. The summed E-state index contributed by atoms with van der Waals surface area (Å²) in [5.74, 6) is -1.34. The molecule has 3 unspecified atom stereocenters. The van der Waals surface area contributed by atoms with E-state index < -0.39 is 97.5 Å². The van der Waals surface area contributed by atoms with Crippen LogP contribution in [-0.2, 0) is 65.4 Å². The third-order valence-corrected chi connectivity index (χ3v) is 20.3. The van der Waals surface area contributed by atoms with E-state index in [-0.39, 0.29) is 25.7 Å². The molecule has 0 aliphatic rings. The fourth-order valence-electron chi connectivity index (χ4n) is 11.8. The van der Waals surface area contributed by atoms with E-state index in [4.69, 9.17) is 37.0 Å². The molecule has 6 atom stereocenters. The van der Waals surface area contributed by atoms with Crippen LogP contribution in [0.15, 0.2) is 0 Å². The van der Waals surface area contributed by atoms with Crippen molar-refractivity contribution in [1.29, 1.82) is 0 Å². The van der Waals surface area contributed by atoms with E-state index in [1.54, 1.807) is 0 Å². The number of rotatable bonds is 77. The fourth-order valence-corrected chi connectivity index (χ4v) is 13.4. The number of aliphatic hydroxyl groups is 1. The lowest BCUT2D eigenvalue weighted by Crippen LogP contribution is -2.30. The van der Waals surface area contributed by atoms with E-state index in [2.05, 4.69) is 34.6 Å². The molecule has 0 heterocycles. The standard InChI is InChI=1S/C77H150O17P2/c1-6-10-13-16-19-22-25-27-28-29-30-31-32-33-34-35-36-38-41-48-53-58-63-77(82)94-73(67-88-75(80)61-56-51-46-43-42-44-49-54-59-70(5)9-4)69-92-96(85,86)90-65-71(78)64-89-95(83,84)91-68-72(66-87-74(79)60-55-50-45-39-24-21-18-15-12-8-3)93-76(81)62-57-52-47-40-37-26-23-20-17-14-11-7-2/h70-73,78H,6-69H2,1-5H3,(H,83,84)(H,85,86)/t70?,71-,72+,73+/m0/s1. The predicted octanol–water partition coefficient (Wildman–Crippen LogP) is 22.9. The summed E-state index contributed by atoms with van der Waals surface area (Å²) >= 11 is 0. The summed E-state index contributed by atoms with van der Waals surface area (Å²) in [5, 5.41) is 10.6. The maximum atomic E-state index is 13.1. The molecule has 17 nitrogen and oxygen atoms in total. The number of carbonyl (C=O) groups excluding carboxylic acids is 4. The SMILES string of the molecule is CCCCCCCCCCCCCCCCCCCCCCCCC(=O)O[C@H](COC(=O)CCCCCCCCCCC(C)CC)COP(=O)(O)OC[C@@H](O)COP(=O)(O)OC[C@@H](COC(=O)CCCCCCCCCCCC)OC(=O)CCCCCCCCCCCCCC. The Bertz CT molecular complexity index is 1840. The Balaban J connectivity index is 5.17. The zero-order valence-corrected chi connectivity index (χ0v) is 64.3. The van der Waals surface area contributed by atoms with Gasteiger partial charge < -0.3 is 33.8 Å². The number of carbonyl (C=O) groups is 4. The number of phosphoric ester groups is 2. The van der Waals surface area contributed by atoms with Gasteiger partial charge in [-0.15, -0.1) is 0 Å². The normalized spacial score (nSPS) is 14.2. The molecule has 0 aromatic heterocycles. The minimum atomic E-state index is -4.96. The zero-order valence-electron chi connectivity index (χ0n) is 62.5. The molecule has 19 heteroatoms. The number of hydrogen-bond donors (Lipinski definition) is 3. The summed E-state index contributed by atoms with van der Waals surface area (Å²) in [5.41, 5.74) is 0. The highest BCUT2D eigenvalue weighted by atomic mass is 31.2. The van der Waals surface area contributed by atoms with E-state index in [0.29, 0.717) is 25.7 Å². The van der Waals surface area contributed by atoms with Gasteiger partial charge in [-0.2, -0.15) is 0 Å². The molecule has 0 saturated carbocycles. The van der Waals surface area contributed by atoms with Crippen LogP contribution in [0.4, 0.5) is 0 Å². The first-order valence-electron chi connectivity index (χ1n) is 40.2. The van der Waals surface area contributed by atoms with Crippen molar-refractivity contribution in [3.05, 3.63) is 0 Å². The van der Waals surface area contributed by atoms with Crippen LogP contribution in [0, 0.1) is 5.92 Å². The predicted molar refractivity (Wildman–Crippen MR) is 391 cm³/mol. The van der Waals surface area contributed by atoms with Gasteiger partial charge in [-0.25, -0.2) is 9.13 Å². The molecule has 3 N–H and O–H groups in total. The van der Waals surface area contributed by atoms with Crippen molar-refractivity contribution in [3.63, 3.8) is 0 Å². The largest absolute Gasteiger partial charge is 0.472 e. The molecule has 0 radical (unpaired) electrons. The summed E-state index contributed by atoms with van der Waals surface area (Å²) < 4.78 is 68.5. The number of esters is 4. The van der Waals surface area contributed by atoms with Crippen LogP contribution in [0.5, 0.6) is 0 Å². The van der Waals surface area contributed by atoms with E-state index in [0.717, 1.165) is 95.8 Å². The van der Waals surface area contributed by atoms with Gasteiger partial charge in [0, 0.05) is 25.7 Å². The van der Waals surface area contributed by atoms with E-state index in [1.165, 1.54) is 231 Å². The van der Waals surface area contributed by atoms with Gasteiger partial charge in [0.05, 0.1) is 26.4 Å². The van der Waals surface area contributed by atoms with Crippen LogP contribution in [0.25, 0.3) is 0 Å². The molecular formula is C77H150O17P2. The Labute approximate surface area is 588 Å². The second-order valence-electron chi connectivity index (χ2n) is 28.0. The van der Waals surface area contributed by atoms with Crippen molar-refractivity contribution in [2.75, 3.05) is 39.6 Å². The number of unbranched alkanes of at least 4 members (excludes halogenated alkanes) is 48. The first-order valence-corrected chi connectivity index (χ1v) is 43.2. The zero-order chi connectivity index (χ0) is 70.5. The number of aliphatic hydroxyl groups excluding tert-OH is 1. The third-order valence-electron chi connectivity index (χ3n) is 18.4. The summed E-state index contributed by atoms with van der Waals surface area (Å²) in [4.78, 5) is 72.8. The molecule has 0 fully saturated rings. The monoisotopic (exact) mass is 1410 g/mol. The molecule has 96 heavy (non-hydrogen) atoms. The average molecular weight is 1410 g/mol. The molecule has 0 rings (SSSR count). The number of hydrogen-bond acceptors (Lipinski definition) is 15. The van der Waals surface area contributed by atoms with Gasteiger partial charge in [0.25, 0.3) is 0 Å². The maximum absolute atomic E-state index is 13.1. The lowest BCUT2D eigenvalue weighted by atomic mass is 9.99. The van der Waals surface area contributed by atoms with Gasteiger partial charge in [-0.1, -0.05) is 356 Å². The third kappa shape index (κ3) is 69.2. The molecule has 0 bridgehead atoms.